The summed E-state index contributed by atoms with van der Waals surface area (Å²) in [7, 11) is 0. The van der Waals surface area contributed by atoms with Crippen molar-refractivity contribution >= 4 is 11.9 Å². The summed E-state index contributed by atoms with van der Waals surface area (Å²) in [6, 6.07) is -1.19. The number of unbranched alkanes of at least 4 members (excludes halogenated alkanes) is 9. The molecule has 136 valence electrons. The zero-order valence-corrected chi connectivity index (χ0v) is 15.2. The van der Waals surface area contributed by atoms with Gasteiger partial charge in [-0.1, -0.05) is 64.7 Å². The van der Waals surface area contributed by atoms with Gasteiger partial charge in [-0.2, -0.15) is 0 Å². The Hall–Kier alpha value is -1.10. The molecule has 0 aliphatic carbocycles. The molecule has 0 heterocycles. The van der Waals surface area contributed by atoms with Gasteiger partial charge in [0.15, 0.2) is 0 Å². The molecule has 0 aromatic heterocycles. The molecule has 1 amide bonds. The van der Waals surface area contributed by atoms with Crippen LogP contribution in [0.15, 0.2) is 0 Å². The molecule has 0 aliphatic heterocycles. The van der Waals surface area contributed by atoms with Gasteiger partial charge in [0.1, 0.15) is 6.04 Å². The van der Waals surface area contributed by atoms with Gasteiger partial charge in [-0.3, -0.25) is 9.59 Å². The van der Waals surface area contributed by atoms with E-state index in [2.05, 4.69) is 17.6 Å². The summed E-state index contributed by atoms with van der Waals surface area (Å²) in [6.45, 7) is 6.27. The van der Waals surface area contributed by atoms with Crippen LogP contribution in [0.4, 0.5) is 0 Å². The highest BCUT2D eigenvalue weighted by atomic mass is 16.4. The van der Waals surface area contributed by atoms with Crippen molar-refractivity contribution in [2.75, 3.05) is 6.54 Å². The first-order valence-corrected chi connectivity index (χ1v) is 9.25. The summed E-state index contributed by atoms with van der Waals surface area (Å²) in [4.78, 5) is 22.4. The van der Waals surface area contributed by atoms with Crippen LogP contribution in [0.1, 0.15) is 85.0 Å². The molecule has 23 heavy (non-hydrogen) atoms. The number of nitrogens with one attached hydrogen (secondary N) is 2. The fourth-order valence-electron chi connectivity index (χ4n) is 2.42. The Labute approximate surface area is 141 Å². The standard InChI is InChI=1S/C18H36N2O3/c1-4-5-6-7-8-9-10-11-12-13-14-19-15(2)17(21)20-16(3)18(22)23/h15-16,19H,4-14H2,1-3H3,(H,20,21)(H,22,23)/t15-,16-/m0/s1. The lowest BCUT2D eigenvalue weighted by molar-refractivity contribution is -0.141. The smallest absolute Gasteiger partial charge is 0.325 e. The van der Waals surface area contributed by atoms with Gasteiger partial charge in [-0.15, -0.1) is 0 Å². The van der Waals surface area contributed by atoms with Crippen molar-refractivity contribution in [2.24, 2.45) is 0 Å². The third-order valence-corrected chi connectivity index (χ3v) is 4.10. The second-order valence-corrected chi connectivity index (χ2v) is 6.43. The molecule has 0 bridgehead atoms. The lowest BCUT2D eigenvalue weighted by Crippen LogP contribution is -2.48. The van der Waals surface area contributed by atoms with E-state index in [9.17, 15) is 9.59 Å². The molecule has 2 atom stereocenters. The van der Waals surface area contributed by atoms with Gasteiger partial charge in [0.25, 0.3) is 0 Å². The van der Waals surface area contributed by atoms with Crippen LogP contribution in [0.3, 0.4) is 0 Å². The van der Waals surface area contributed by atoms with E-state index in [0.717, 1.165) is 13.0 Å². The summed E-state index contributed by atoms with van der Waals surface area (Å²) in [5.41, 5.74) is 0. The quantitative estimate of drug-likeness (QED) is 0.402. The monoisotopic (exact) mass is 328 g/mol. The maximum Gasteiger partial charge on any atom is 0.325 e. The molecule has 0 spiro atoms. The largest absolute Gasteiger partial charge is 0.480 e. The van der Waals surface area contributed by atoms with Crippen LogP contribution in [0.2, 0.25) is 0 Å². The molecule has 0 rings (SSSR count). The third kappa shape index (κ3) is 13.1. The van der Waals surface area contributed by atoms with Crippen LogP contribution >= 0.6 is 0 Å². The van der Waals surface area contributed by atoms with Gasteiger partial charge in [0.05, 0.1) is 6.04 Å². The fraction of sp³-hybridized carbons (Fsp3) is 0.889. The molecule has 0 aliphatic rings. The number of hydrogen-bond donors (Lipinski definition) is 3. The fourth-order valence-corrected chi connectivity index (χ4v) is 2.42. The summed E-state index contributed by atoms with van der Waals surface area (Å²) in [6.07, 6.45) is 12.9. The minimum absolute atomic E-state index is 0.257. The molecule has 0 fully saturated rings. The lowest BCUT2D eigenvalue weighted by atomic mass is 10.1. The first-order valence-electron chi connectivity index (χ1n) is 9.25. The molecule has 0 unspecified atom stereocenters. The van der Waals surface area contributed by atoms with Crippen molar-refractivity contribution in [2.45, 2.75) is 97.1 Å². The van der Waals surface area contributed by atoms with E-state index in [1.165, 1.54) is 64.7 Å². The molecular weight excluding hydrogens is 292 g/mol. The molecule has 5 heteroatoms. The van der Waals surface area contributed by atoms with Gasteiger partial charge in [-0.05, 0) is 26.8 Å². The number of amides is 1. The van der Waals surface area contributed by atoms with Crippen LogP contribution in [-0.4, -0.2) is 35.6 Å². The number of carbonyl (C=O) groups excluding carboxylic acids is 1. The number of hydrogen-bond acceptors (Lipinski definition) is 3. The summed E-state index contributed by atoms with van der Waals surface area (Å²) >= 11 is 0. The molecule has 5 nitrogen and oxygen atoms in total. The van der Waals surface area contributed by atoms with Crippen LogP contribution in [-0.2, 0) is 9.59 Å². The first kappa shape index (κ1) is 21.9. The van der Waals surface area contributed by atoms with Crippen molar-refractivity contribution in [1.29, 1.82) is 0 Å². The maximum absolute atomic E-state index is 11.7. The number of rotatable bonds is 15. The van der Waals surface area contributed by atoms with E-state index in [1.807, 2.05) is 0 Å². The topological polar surface area (TPSA) is 78.4 Å². The Kier molecular flexibility index (Phi) is 13.8. The average Bonchev–Trinajstić information content (AvgIpc) is 2.52. The Morgan fingerprint density at radius 1 is 0.826 bits per heavy atom. The molecular formula is C18H36N2O3. The molecule has 0 saturated heterocycles. The Morgan fingerprint density at radius 3 is 1.78 bits per heavy atom. The van der Waals surface area contributed by atoms with Crippen molar-refractivity contribution in [3.63, 3.8) is 0 Å². The van der Waals surface area contributed by atoms with E-state index in [4.69, 9.17) is 5.11 Å². The normalized spacial score (nSPS) is 13.5. The highest BCUT2D eigenvalue weighted by molar-refractivity contribution is 5.86. The Balaban J connectivity index is 3.43. The van der Waals surface area contributed by atoms with Crippen LogP contribution in [0.25, 0.3) is 0 Å². The first-order chi connectivity index (χ1) is 11.0. The van der Waals surface area contributed by atoms with E-state index in [0.29, 0.717) is 0 Å². The summed E-state index contributed by atoms with van der Waals surface area (Å²) in [5.74, 6) is -1.27. The number of carbonyl (C=O) groups is 2. The van der Waals surface area contributed by atoms with Crippen molar-refractivity contribution in [1.82, 2.24) is 10.6 Å². The highest BCUT2D eigenvalue weighted by Crippen LogP contribution is 2.10. The van der Waals surface area contributed by atoms with E-state index in [1.54, 1.807) is 6.92 Å². The maximum atomic E-state index is 11.7. The molecule has 3 N–H and O–H groups in total. The van der Waals surface area contributed by atoms with Crippen molar-refractivity contribution in [3.05, 3.63) is 0 Å². The molecule has 0 radical (unpaired) electrons. The van der Waals surface area contributed by atoms with E-state index < -0.39 is 12.0 Å². The Bertz CT molecular complexity index is 321. The zero-order valence-electron chi connectivity index (χ0n) is 15.2. The minimum Gasteiger partial charge on any atom is -0.480 e. The van der Waals surface area contributed by atoms with Crippen molar-refractivity contribution in [3.8, 4) is 0 Å². The number of carboxylic acids is 1. The predicted octanol–water partition coefficient (Wildman–Crippen LogP) is 3.47. The number of carboxylic acid groups (broad SMARTS) is 1. The highest BCUT2D eigenvalue weighted by Gasteiger charge is 2.18. The van der Waals surface area contributed by atoms with E-state index in [-0.39, 0.29) is 11.9 Å². The molecule has 0 aromatic rings. The number of aliphatic carboxylic acids is 1. The molecule has 0 aromatic carbocycles. The van der Waals surface area contributed by atoms with Gasteiger partial charge in [-0.25, -0.2) is 0 Å². The second-order valence-electron chi connectivity index (χ2n) is 6.43. The van der Waals surface area contributed by atoms with Gasteiger partial charge >= 0.3 is 5.97 Å². The van der Waals surface area contributed by atoms with Crippen molar-refractivity contribution < 1.29 is 14.7 Å². The predicted molar refractivity (Wildman–Crippen MR) is 94.5 cm³/mol. The SMILES string of the molecule is CCCCCCCCCCCCN[C@@H](C)C(=O)N[C@@H](C)C(=O)O. The zero-order chi connectivity index (χ0) is 17.5. The van der Waals surface area contributed by atoms with Gasteiger partial charge < -0.3 is 15.7 Å². The summed E-state index contributed by atoms with van der Waals surface area (Å²) < 4.78 is 0. The Morgan fingerprint density at radius 2 is 1.30 bits per heavy atom. The lowest BCUT2D eigenvalue weighted by Gasteiger charge is -2.16. The molecule has 0 saturated carbocycles. The third-order valence-electron chi connectivity index (χ3n) is 4.10. The van der Waals surface area contributed by atoms with Crippen LogP contribution in [0, 0.1) is 0 Å². The average molecular weight is 328 g/mol. The van der Waals surface area contributed by atoms with E-state index >= 15 is 0 Å². The van der Waals surface area contributed by atoms with Gasteiger partial charge in [0, 0.05) is 0 Å². The van der Waals surface area contributed by atoms with Crippen LogP contribution < -0.4 is 10.6 Å². The van der Waals surface area contributed by atoms with Gasteiger partial charge in [0.2, 0.25) is 5.91 Å². The summed E-state index contributed by atoms with van der Waals surface area (Å²) in [5, 5.41) is 14.4. The van der Waals surface area contributed by atoms with Crippen LogP contribution in [0.5, 0.6) is 0 Å². The second kappa shape index (κ2) is 14.5. The minimum atomic E-state index is -1.01.